The summed E-state index contributed by atoms with van der Waals surface area (Å²) in [4.78, 5) is 0. The first-order valence-corrected chi connectivity index (χ1v) is 6.36. The molecule has 0 bridgehead atoms. The Balaban J connectivity index is 1.74. The summed E-state index contributed by atoms with van der Waals surface area (Å²) in [5.41, 5.74) is 1.12. The molecule has 0 aromatic heterocycles. The van der Waals surface area contributed by atoms with Crippen molar-refractivity contribution in [3.8, 4) is 0 Å². The van der Waals surface area contributed by atoms with E-state index < -0.39 is 0 Å². The highest BCUT2D eigenvalue weighted by atomic mass is 19.1. The minimum Gasteiger partial charge on any atom is -0.378 e. The van der Waals surface area contributed by atoms with E-state index in [0.717, 1.165) is 38.1 Å². The topological polar surface area (TPSA) is 21.3 Å². The maximum Gasteiger partial charge on any atom is 0.123 e. The molecule has 0 saturated carbocycles. The highest BCUT2D eigenvalue weighted by molar-refractivity contribution is 5.15. The number of hydrogen-bond acceptors (Lipinski definition) is 2. The third-order valence-corrected chi connectivity index (χ3v) is 3.40. The second kappa shape index (κ2) is 6.12. The lowest BCUT2D eigenvalue weighted by Gasteiger charge is -2.17. The minimum atomic E-state index is -0.177. The molecule has 0 amide bonds. The summed E-state index contributed by atoms with van der Waals surface area (Å²) >= 11 is 0. The van der Waals surface area contributed by atoms with E-state index in [-0.39, 0.29) is 5.82 Å². The number of halogens is 1. The fraction of sp³-hybridized carbons (Fsp3) is 0.571. The first-order valence-electron chi connectivity index (χ1n) is 6.36. The van der Waals surface area contributed by atoms with Crippen LogP contribution in [0.5, 0.6) is 0 Å². The van der Waals surface area contributed by atoms with Crippen LogP contribution in [-0.4, -0.2) is 19.3 Å². The van der Waals surface area contributed by atoms with Crippen molar-refractivity contribution < 1.29 is 9.13 Å². The Hall–Kier alpha value is -0.930. The van der Waals surface area contributed by atoms with Crippen LogP contribution in [0.4, 0.5) is 4.39 Å². The van der Waals surface area contributed by atoms with E-state index in [4.69, 9.17) is 4.74 Å². The Kier molecular flexibility index (Phi) is 4.51. The Labute approximate surface area is 102 Å². The average Bonchev–Trinajstić information content (AvgIpc) is 2.79. The summed E-state index contributed by atoms with van der Waals surface area (Å²) in [5.74, 6) is 0.449. The second-order valence-corrected chi connectivity index (χ2v) is 4.62. The summed E-state index contributed by atoms with van der Waals surface area (Å²) in [6, 6.07) is 6.66. The predicted molar refractivity (Wildman–Crippen MR) is 66.2 cm³/mol. The van der Waals surface area contributed by atoms with E-state index in [1.807, 2.05) is 12.1 Å². The molecule has 1 fully saturated rings. The van der Waals surface area contributed by atoms with E-state index in [9.17, 15) is 4.39 Å². The molecule has 1 aliphatic heterocycles. The van der Waals surface area contributed by atoms with Gasteiger partial charge in [-0.2, -0.15) is 0 Å². The smallest absolute Gasteiger partial charge is 0.123 e. The van der Waals surface area contributed by atoms with Crippen LogP contribution in [0.25, 0.3) is 0 Å². The lowest BCUT2D eigenvalue weighted by atomic mass is 9.99. The lowest BCUT2D eigenvalue weighted by Crippen LogP contribution is -2.27. The van der Waals surface area contributed by atoms with Gasteiger partial charge in [0.2, 0.25) is 0 Å². The number of benzene rings is 1. The number of rotatable bonds is 5. The van der Waals surface area contributed by atoms with Gasteiger partial charge in [0.25, 0.3) is 0 Å². The summed E-state index contributed by atoms with van der Waals surface area (Å²) in [5, 5.41) is 3.42. The molecule has 0 aliphatic carbocycles. The molecule has 2 rings (SSSR count). The van der Waals surface area contributed by atoms with Gasteiger partial charge in [0.05, 0.1) is 6.10 Å². The zero-order valence-corrected chi connectivity index (χ0v) is 10.3. The van der Waals surface area contributed by atoms with Crippen molar-refractivity contribution in [3.63, 3.8) is 0 Å². The molecule has 2 nitrogen and oxygen atoms in total. The summed E-state index contributed by atoms with van der Waals surface area (Å²) in [6.45, 7) is 4.84. The fourth-order valence-electron chi connectivity index (χ4n) is 2.38. The van der Waals surface area contributed by atoms with Gasteiger partial charge >= 0.3 is 0 Å². The van der Waals surface area contributed by atoms with Gasteiger partial charge in [0.15, 0.2) is 0 Å². The molecule has 1 N–H and O–H groups in total. The van der Waals surface area contributed by atoms with Crippen molar-refractivity contribution >= 4 is 0 Å². The van der Waals surface area contributed by atoms with Gasteiger partial charge in [-0.3, -0.25) is 0 Å². The first kappa shape index (κ1) is 12.5. The fourth-order valence-corrected chi connectivity index (χ4v) is 2.38. The van der Waals surface area contributed by atoms with E-state index in [1.165, 1.54) is 12.1 Å². The number of hydrogen-bond donors (Lipinski definition) is 1. The van der Waals surface area contributed by atoms with Crippen LogP contribution in [0.2, 0.25) is 0 Å². The Bertz CT molecular complexity index is 339. The summed E-state index contributed by atoms with van der Waals surface area (Å²) in [6.07, 6.45) is 2.65. The lowest BCUT2D eigenvalue weighted by molar-refractivity contribution is 0.0872. The van der Waals surface area contributed by atoms with Crippen LogP contribution < -0.4 is 5.32 Å². The summed E-state index contributed by atoms with van der Waals surface area (Å²) < 4.78 is 18.4. The largest absolute Gasteiger partial charge is 0.378 e. The van der Waals surface area contributed by atoms with Gasteiger partial charge in [-0.15, -0.1) is 0 Å². The standard InChI is InChI=1S/C14H20FNO/c1-2-14-12(7-8-17-14)10-16-9-11-3-5-13(15)6-4-11/h3-6,12,14,16H,2,7-10H2,1H3. The molecular weight excluding hydrogens is 217 g/mol. The Morgan fingerprint density at radius 2 is 2.12 bits per heavy atom. The molecule has 2 atom stereocenters. The number of ether oxygens (including phenoxy) is 1. The third-order valence-electron chi connectivity index (χ3n) is 3.40. The van der Waals surface area contributed by atoms with Gasteiger partial charge in [-0.05, 0) is 36.5 Å². The summed E-state index contributed by atoms with van der Waals surface area (Å²) in [7, 11) is 0. The highest BCUT2D eigenvalue weighted by Crippen LogP contribution is 2.22. The second-order valence-electron chi connectivity index (χ2n) is 4.62. The predicted octanol–water partition coefficient (Wildman–Crippen LogP) is 2.73. The molecule has 1 saturated heterocycles. The minimum absolute atomic E-state index is 0.177. The van der Waals surface area contributed by atoms with Gasteiger partial charge < -0.3 is 10.1 Å². The molecule has 1 aliphatic rings. The van der Waals surface area contributed by atoms with E-state index in [0.29, 0.717) is 12.0 Å². The van der Waals surface area contributed by atoms with Crippen molar-refractivity contribution in [3.05, 3.63) is 35.6 Å². The quantitative estimate of drug-likeness (QED) is 0.850. The van der Waals surface area contributed by atoms with Crippen LogP contribution in [0.1, 0.15) is 25.3 Å². The highest BCUT2D eigenvalue weighted by Gasteiger charge is 2.25. The van der Waals surface area contributed by atoms with Gasteiger partial charge in [0, 0.05) is 19.7 Å². The zero-order chi connectivity index (χ0) is 12.1. The van der Waals surface area contributed by atoms with Crippen LogP contribution in [-0.2, 0) is 11.3 Å². The van der Waals surface area contributed by atoms with Crippen molar-refractivity contribution in [2.24, 2.45) is 5.92 Å². The molecule has 2 unspecified atom stereocenters. The first-order chi connectivity index (χ1) is 8.29. The van der Waals surface area contributed by atoms with Gasteiger partial charge in [-0.1, -0.05) is 19.1 Å². The van der Waals surface area contributed by atoms with Crippen molar-refractivity contribution in [2.45, 2.75) is 32.4 Å². The molecule has 1 aromatic carbocycles. The van der Waals surface area contributed by atoms with E-state index in [1.54, 1.807) is 0 Å². The van der Waals surface area contributed by atoms with Crippen LogP contribution in [0, 0.1) is 11.7 Å². The van der Waals surface area contributed by atoms with Gasteiger partial charge in [0.1, 0.15) is 5.82 Å². The number of nitrogens with one attached hydrogen (secondary N) is 1. The normalized spacial score (nSPS) is 24.1. The SMILES string of the molecule is CCC1OCCC1CNCc1ccc(F)cc1. The molecular formula is C14H20FNO. The van der Waals surface area contributed by atoms with Crippen LogP contribution in [0.3, 0.4) is 0 Å². The monoisotopic (exact) mass is 237 g/mol. The van der Waals surface area contributed by atoms with E-state index >= 15 is 0 Å². The van der Waals surface area contributed by atoms with Crippen molar-refractivity contribution in [1.82, 2.24) is 5.32 Å². The third kappa shape index (κ3) is 3.51. The molecule has 0 radical (unpaired) electrons. The Morgan fingerprint density at radius 3 is 2.82 bits per heavy atom. The molecule has 17 heavy (non-hydrogen) atoms. The van der Waals surface area contributed by atoms with Crippen LogP contribution in [0.15, 0.2) is 24.3 Å². The molecule has 3 heteroatoms. The zero-order valence-electron chi connectivity index (χ0n) is 10.3. The average molecular weight is 237 g/mol. The maximum absolute atomic E-state index is 12.7. The van der Waals surface area contributed by atoms with Crippen LogP contribution >= 0.6 is 0 Å². The maximum atomic E-state index is 12.7. The molecule has 1 heterocycles. The van der Waals surface area contributed by atoms with Crippen molar-refractivity contribution in [1.29, 1.82) is 0 Å². The van der Waals surface area contributed by atoms with E-state index in [2.05, 4.69) is 12.2 Å². The molecule has 94 valence electrons. The Morgan fingerprint density at radius 1 is 1.35 bits per heavy atom. The van der Waals surface area contributed by atoms with Gasteiger partial charge in [-0.25, -0.2) is 4.39 Å². The molecule has 0 spiro atoms. The van der Waals surface area contributed by atoms with Crippen molar-refractivity contribution in [2.75, 3.05) is 13.2 Å². The molecule has 1 aromatic rings.